The number of nitrogens with one attached hydrogen (secondary N) is 1. The van der Waals surface area contributed by atoms with E-state index in [0.29, 0.717) is 17.6 Å². The number of hydrogen-bond acceptors (Lipinski definition) is 6. The molecule has 5 rings (SSSR count). The van der Waals surface area contributed by atoms with Crippen LogP contribution < -0.4 is 14.8 Å². The van der Waals surface area contributed by atoms with Crippen molar-refractivity contribution in [3.8, 4) is 17.2 Å². The van der Waals surface area contributed by atoms with Gasteiger partial charge in [-0.05, 0) is 59.1 Å². The predicted molar refractivity (Wildman–Crippen MR) is 107 cm³/mol. The topological polar surface area (TPSA) is 74.1 Å². The largest absolute Gasteiger partial charge is 0.454 e. The van der Waals surface area contributed by atoms with E-state index in [9.17, 15) is 0 Å². The van der Waals surface area contributed by atoms with Crippen LogP contribution in [0.3, 0.4) is 0 Å². The summed E-state index contributed by atoms with van der Waals surface area (Å²) in [5, 5.41) is 4.71. The Morgan fingerprint density at radius 1 is 1.04 bits per heavy atom. The molecule has 0 radical (unpaired) electrons. The van der Waals surface area contributed by atoms with Gasteiger partial charge in [-0.15, -0.1) is 0 Å². The number of nitrogens with zero attached hydrogens (tertiary/aromatic N) is 4. The van der Waals surface area contributed by atoms with Gasteiger partial charge < -0.3 is 14.8 Å². The lowest BCUT2D eigenvalue weighted by Crippen LogP contribution is -2.04. The predicted octanol–water partition coefficient (Wildman–Crippen LogP) is 4.46. The van der Waals surface area contributed by atoms with Crippen LogP contribution in [-0.4, -0.2) is 26.3 Å². The van der Waals surface area contributed by atoms with Crippen LogP contribution in [-0.2, 0) is 6.54 Å². The van der Waals surface area contributed by atoms with E-state index >= 15 is 0 Å². The number of benzene rings is 2. The fraction of sp³-hybridized carbons (Fsp3) is 0.105. The maximum atomic E-state index is 6.14. The number of imidazole rings is 1. The van der Waals surface area contributed by atoms with Gasteiger partial charge in [-0.25, -0.2) is 15.0 Å². The highest BCUT2D eigenvalue weighted by molar-refractivity contribution is 6.29. The number of rotatable bonds is 4. The van der Waals surface area contributed by atoms with Crippen molar-refractivity contribution in [2.45, 2.75) is 6.54 Å². The van der Waals surface area contributed by atoms with Crippen LogP contribution in [0.5, 0.6) is 11.5 Å². The van der Waals surface area contributed by atoms with E-state index < -0.39 is 0 Å². The zero-order valence-corrected chi connectivity index (χ0v) is 15.9. The minimum Gasteiger partial charge on any atom is -0.454 e. The van der Waals surface area contributed by atoms with Gasteiger partial charge in [0.2, 0.25) is 17.4 Å². The van der Waals surface area contributed by atoms with Crippen molar-refractivity contribution in [1.82, 2.24) is 19.5 Å². The number of fused-ring (bicyclic) bond motifs is 2. The van der Waals surface area contributed by atoms with Crippen LogP contribution in [0, 0.1) is 0 Å². The van der Waals surface area contributed by atoms with Gasteiger partial charge in [0.05, 0.1) is 5.52 Å². The minimum atomic E-state index is 0.175. The molecule has 2 aromatic heterocycles. The first kappa shape index (κ1) is 17.1. The highest BCUT2D eigenvalue weighted by atomic mass is 35.5. The highest BCUT2D eigenvalue weighted by Crippen LogP contribution is 2.33. The van der Waals surface area contributed by atoms with E-state index in [1.165, 1.54) is 0 Å². The first-order chi connectivity index (χ1) is 13.7. The van der Waals surface area contributed by atoms with E-state index in [1.54, 1.807) is 17.0 Å². The second-order valence-corrected chi connectivity index (χ2v) is 6.83. The lowest BCUT2D eigenvalue weighted by atomic mass is 10.2. The zero-order valence-electron chi connectivity index (χ0n) is 14.4. The Morgan fingerprint density at radius 2 is 1.93 bits per heavy atom. The molecule has 0 spiro atoms. The fourth-order valence-corrected chi connectivity index (χ4v) is 3.47. The van der Waals surface area contributed by atoms with E-state index in [1.807, 2.05) is 36.4 Å². The molecule has 0 saturated heterocycles. The van der Waals surface area contributed by atoms with Crippen molar-refractivity contribution < 1.29 is 9.47 Å². The van der Waals surface area contributed by atoms with E-state index in [0.717, 1.165) is 33.7 Å². The molecule has 0 amide bonds. The Balaban J connectivity index is 1.50. The standard InChI is InChI=1S/C19H13Cl2N5O2/c20-18-24-14-3-2-12(26-6-5-22-19(26)21)8-13(14)17(25-18)23-9-11-1-4-15-16(7-11)28-10-27-15/h1-8H,9-10H2,(H,23,24,25). The lowest BCUT2D eigenvalue weighted by Gasteiger charge is -2.11. The molecule has 28 heavy (non-hydrogen) atoms. The van der Waals surface area contributed by atoms with E-state index in [-0.39, 0.29) is 12.1 Å². The number of halogens is 2. The van der Waals surface area contributed by atoms with Gasteiger partial charge in [-0.3, -0.25) is 4.57 Å². The normalized spacial score (nSPS) is 12.5. The fourth-order valence-electron chi connectivity index (χ4n) is 3.09. The number of hydrogen-bond donors (Lipinski definition) is 1. The van der Waals surface area contributed by atoms with Crippen LogP contribution in [0.15, 0.2) is 48.8 Å². The van der Waals surface area contributed by atoms with Crippen molar-refractivity contribution in [2.75, 3.05) is 12.1 Å². The summed E-state index contributed by atoms with van der Waals surface area (Å²) in [7, 11) is 0. The van der Waals surface area contributed by atoms with E-state index in [4.69, 9.17) is 32.7 Å². The zero-order chi connectivity index (χ0) is 19.1. The van der Waals surface area contributed by atoms with Gasteiger partial charge >= 0.3 is 0 Å². The molecule has 1 aliphatic heterocycles. The molecule has 0 aliphatic carbocycles. The smallest absolute Gasteiger partial charge is 0.231 e. The molecule has 3 heterocycles. The molecule has 140 valence electrons. The minimum absolute atomic E-state index is 0.175. The Kier molecular flexibility index (Phi) is 4.18. The summed E-state index contributed by atoms with van der Waals surface area (Å²) in [6.07, 6.45) is 3.43. The SMILES string of the molecule is Clc1nc(NCc2ccc3c(c2)OCO3)c2cc(-n3ccnc3Cl)ccc2n1. The Hall–Kier alpha value is -3.03. The van der Waals surface area contributed by atoms with Gasteiger partial charge in [-0.2, -0.15) is 0 Å². The third-order valence-electron chi connectivity index (χ3n) is 4.42. The maximum Gasteiger partial charge on any atom is 0.231 e. The third-order valence-corrected chi connectivity index (χ3v) is 4.87. The second-order valence-electron chi connectivity index (χ2n) is 6.15. The van der Waals surface area contributed by atoms with Gasteiger partial charge in [0.15, 0.2) is 11.5 Å². The van der Waals surface area contributed by atoms with Gasteiger partial charge in [-0.1, -0.05) is 6.07 Å². The molecule has 9 heteroatoms. The maximum absolute atomic E-state index is 6.14. The quantitative estimate of drug-likeness (QED) is 0.497. The molecule has 0 unspecified atom stereocenters. The molecule has 0 bridgehead atoms. The molecular formula is C19H13Cl2N5O2. The van der Waals surface area contributed by atoms with Crippen molar-refractivity contribution >= 4 is 39.9 Å². The Morgan fingerprint density at radius 3 is 2.79 bits per heavy atom. The number of aromatic nitrogens is 4. The molecule has 0 atom stereocenters. The highest BCUT2D eigenvalue weighted by Gasteiger charge is 2.14. The summed E-state index contributed by atoms with van der Waals surface area (Å²) in [5.74, 6) is 2.12. The van der Waals surface area contributed by atoms with Crippen LogP contribution in [0.4, 0.5) is 5.82 Å². The van der Waals surface area contributed by atoms with Gasteiger partial charge in [0.25, 0.3) is 0 Å². The first-order valence-corrected chi connectivity index (χ1v) is 9.22. The van der Waals surface area contributed by atoms with Crippen molar-refractivity contribution in [2.24, 2.45) is 0 Å². The molecule has 4 aromatic rings. The van der Waals surface area contributed by atoms with Crippen LogP contribution >= 0.6 is 23.2 Å². The molecular weight excluding hydrogens is 401 g/mol. The molecule has 1 N–H and O–H groups in total. The Bertz CT molecular complexity index is 1190. The lowest BCUT2D eigenvalue weighted by molar-refractivity contribution is 0.174. The van der Waals surface area contributed by atoms with E-state index in [2.05, 4.69) is 20.3 Å². The molecule has 0 saturated carbocycles. The van der Waals surface area contributed by atoms with Crippen molar-refractivity contribution in [3.63, 3.8) is 0 Å². The number of anilines is 1. The first-order valence-electron chi connectivity index (χ1n) is 8.46. The molecule has 2 aromatic carbocycles. The average Bonchev–Trinajstić information content (AvgIpc) is 3.34. The van der Waals surface area contributed by atoms with Crippen molar-refractivity contribution in [3.05, 3.63) is 64.9 Å². The Labute approximate surface area is 169 Å². The molecule has 1 aliphatic rings. The summed E-state index contributed by atoms with van der Waals surface area (Å²) in [5.41, 5.74) is 2.61. The van der Waals surface area contributed by atoms with Crippen LogP contribution in [0.2, 0.25) is 10.6 Å². The summed E-state index contributed by atoms with van der Waals surface area (Å²) < 4.78 is 12.6. The second kappa shape index (κ2) is 6.85. The van der Waals surface area contributed by atoms with Crippen LogP contribution in [0.25, 0.3) is 16.6 Å². The molecule has 7 nitrogen and oxygen atoms in total. The van der Waals surface area contributed by atoms with Crippen LogP contribution in [0.1, 0.15) is 5.56 Å². The average molecular weight is 414 g/mol. The molecule has 0 fully saturated rings. The van der Waals surface area contributed by atoms with Crippen molar-refractivity contribution in [1.29, 1.82) is 0 Å². The monoisotopic (exact) mass is 413 g/mol. The summed E-state index contributed by atoms with van der Waals surface area (Å²) in [6.45, 7) is 0.785. The summed E-state index contributed by atoms with van der Waals surface area (Å²) >= 11 is 12.3. The summed E-state index contributed by atoms with van der Waals surface area (Å²) in [4.78, 5) is 12.7. The third kappa shape index (κ3) is 3.08. The number of ether oxygens (including phenoxy) is 2. The van der Waals surface area contributed by atoms with Gasteiger partial charge in [0.1, 0.15) is 5.82 Å². The van der Waals surface area contributed by atoms with Gasteiger partial charge in [0, 0.05) is 30.0 Å². The summed E-state index contributed by atoms with van der Waals surface area (Å²) in [6, 6.07) is 11.5.